The molecule has 0 N–H and O–H groups in total. The second kappa shape index (κ2) is 4.05. The van der Waals surface area contributed by atoms with Crippen LogP contribution in [0.3, 0.4) is 0 Å². The number of rotatable bonds is 1. The number of hydrogen-bond donors (Lipinski definition) is 0. The normalized spacial score (nSPS) is 9.53. The summed E-state index contributed by atoms with van der Waals surface area (Å²) in [6, 6.07) is 1.74. The Bertz CT molecular complexity index is 463. The van der Waals surface area contributed by atoms with Crippen molar-refractivity contribution in [3.05, 3.63) is 28.3 Å². The third-order valence-corrected chi connectivity index (χ3v) is 2.03. The molecule has 0 aliphatic heterocycles. The van der Waals surface area contributed by atoms with Gasteiger partial charge in [-0.15, -0.1) is 0 Å². The van der Waals surface area contributed by atoms with Crippen LogP contribution in [0.25, 0.3) is 0 Å². The van der Waals surface area contributed by atoms with Gasteiger partial charge in [-0.2, -0.15) is 5.26 Å². The van der Waals surface area contributed by atoms with Gasteiger partial charge in [-0.05, 0) is 13.8 Å². The van der Waals surface area contributed by atoms with Gasteiger partial charge in [0.1, 0.15) is 11.9 Å². The second-order valence-corrected chi connectivity index (χ2v) is 2.96. The van der Waals surface area contributed by atoms with Crippen molar-refractivity contribution in [2.45, 2.75) is 13.8 Å². The minimum absolute atomic E-state index is 0.0758. The molecule has 0 fully saturated rings. The highest BCUT2D eigenvalue weighted by molar-refractivity contribution is 5.90. The van der Waals surface area contributed by atoms with Gasteiger partial charge in [0, 0.05) is 5.56 Å². The Balaban J connectivity index is 3.54. The molecular weight excluding hydrogens is 199 g/mol. The predicted molar refractivity (Wildman–Crippen MR) is 49.7 cm³/mol. The molecule has 0 radical (unpaired) electrons. The number of nitrogens with zero attached hydrogens (tertiary/aromatic N) is 2. The van der Waals surface area contributed by atoms with E-state index in [2.05, 4.69) is 9.72 Å². The zero-order chi connectivity index (χ0) is 11.6. The maximum absolute atomic E-state index is 13.4. The minimum atomic E-state index is -0.738. The molecule has 0 atom stereocenters. The van der Waals surface area contributed by atoms with Crippen molar-refractivity contribution in [1.29, 1.82) is 5.26 Å². The number of aromatic nitrogens is 1. The van der Waals surface area contributed by atoms with Crippen molar-refractivity contribution in [2.24, 2.45) is 0 Å². The maximum Gasteiger partial charge on any atom is 0.358 e. The van der Waals surface area contributed by atoms with Gasteiger partial charge in [0.2, 0.25) is 0 Å². The number of nitriles is 1. The van der Waals surface area contributed by atoms with Crippen molar-refractivity contribution >= 4 is 5.97 Å². The smallest absolute Gasteiger partial charge is 0.358 e. The molecule has 0 saturated carbocycles. The highest BCUT2D eigenvalue weighted by Crippen LogP contribution is 2.18. The number of aryl methyl sites for hydroxylation is 1. The largest absolute Gasteiger partial charge is 0.464 e. The summed E-state index contributed by atoms with van der Waals surface area (Å²) in [5.74, 6) is -1.31. The van der Waals surface area contributed by atoms with Crippen LogP contribution in [0.4, 0.5) is 4.39 Å². The topological polar surface area (TPSA) is 63.0 Å². The van der Waals surface area contributed by atoms with E-state index in [4.69, 9.17) is 5.26 Å². The van der Waals surface area contributed by atoms with Crippen LogP contribution in [-0.4, -0.2) is 18.1 Å². The molecule has 1 heterocycles. The molecule has 0 unspecified atom stereocenters. The SMILES string of the molecule is COC(=O)c1nc(C)c(F)c(C)c1C#N. The lowest BCUT2D eigenvalue weighted by Crippen LogP contribution is -2.11. The molecule has 1 rings (SSSR count). The van der Waals surface area contributed by atoms with Crippen molar-refractivity contribution in [2.75, 3.05) is 7.11 Å². The van der Waals surface area contributed by atoms with Gasteiger partial charge in [-0.25, -0.2) is 14.2 Å². The summed E-state index contributed by atoms with van der Waals surface area (Å²) in [5, 5.41) is 8.79. The third kappa shape index (κ3) is 1.79. The molecule has 1 aromatic heterocycles. The number of carbonyl (C=O) groups excluding carboxylic acids is 1. The number of methoxy groups -OCH3 is 1. The van der Waals surface area contributed by atoms with E-state index in [0.29, 0.717) is 0 Å². The molecule has 0 aliphatic carbocycles. The van der Waals surface area contributed by atoms with Crippen LogP contribution >= 0.6 is 0 Å². The molecule has 0 amide bonds. The van der Waals surface area contributed by atoms with Crippen LogP contribution in [0.15, 0.2) is 0 Å². The van der Waals surface area contributed by atoms with E-state index in [1.807, 2.05) is 0 Å². The van der Waals surface area contributed by atoms with Crippen LogP contribution < -0.4 is 0 Å². The highest BCUT2D eigenvalue weighted by Gasteiger charge is 2.20. The van der Waals surface area contributed by atoms with Gasteiger partial charge >= 0.3 is 5.97 Å². The Morgan fingerprint density at radius 2 is 2.13 bits per heavy atom. The molecule has 5 heteroatoms. The number of esters is 1. The molecule has 15 heavy (non-hydrogen) atoms. The Hall–Kier alpha value is -1.96. The van der Waals surface area contributed by atoms with Gasteiger partial charge in [-0.1, -0.05) is 0 Å². The summed E-state index contributed by atoms with van der Waals surface area (Å²) in [6.07, 6.45) is 0. The molecule has 78 valence electrons. The summed E-state index contributed by atoms with van der Waals surface area (Å²) >= 11 is 0. The lowest BCUT2D eigenvalue weighted by molar-refractivity contribution is 0.0593. The monoisotopic (exact) mass is 208 g/mol. The fourth-order valence-electron chi connectivity index (χ4n) is 1.21. The first-order valence-electron chi connectivity index (χ1n) is 4.18. The van der Waals surface area contributed by atoms with Crippen molar-refractivity contribution in [1.82, 2.24) is 4.98 Å². The van der Waals surface area contributed by atoms with Crippen LogP contribution in [0.2, 0.25) is 0 Å². The average Bonchev–Trinajstić information content (AvgIpc) is 2.24. The number of pyridine rings is 1. The van der Waals surface area contributed by atoms with Gasteiger partial charge < -0.3 is 4.74 Å². The van der Waals surface area contributed by atoms with Crippen LogP contribution in [0, 0.1) is 31.0 Å². The molecule has 0 aliphatic rings. The zero-order valence-corrected chi connectivity index (χ0v) is 8.59. The van der Waals surface area contributed by atoms with Gasteiger partial charge in [0.05, 0.1) is 18.4 Å². The molecule has 0 aromatic carbocycles. The van der Waals surface area contributed by atoms with Crippen LogP contribution in [0.1, 0.15) is 27.3 Å². The Morgan fingerprint density at radius 1 is 1.53 bits per heavy atom. The lowest BCUT2D eigenvalue weighted by atomic mass is 10.1. The summed E-state index contributed by atoms with van der Waals surface area (Å²) in [6.45, 7) is 2.85. The maximum atomic E-state index is 13.4. The minimum Gasteiger partial charge on any atom is -0.464 e. The average molecular weight is 208 g/mol. The Kier molecular flexibility index (Phi) is 3.00. The molecule has 0 saturated heterocycles. The van der Waals surface area contributed by atoms with Crippen molar-refractivity contribution in [3.63, 3.8) is 0 Å². The van der Waals surface area contributed by atoms with Crippen LogP contribution in [0.5, 0.6) is 0 Å². The van der Waals surface area contributed by atoms with Crippen molar-refractivity contribution in [3.8, 4) is 6.07 Å². The number of ether oxygens (including phenoxy) is 1. The number of halogens is 1. The van der Waals surface area contributed by atoms with E-state index in [9.17, 15) is 9.18 Å². The van der Waals surface area contributed by atoms with E-state index >= 15 is 0 Å². The third-order valence-electron chi connectivity index (χ3n) is 2.03. The number of hydrogen-bond acceptors (Lipinski definition) is 4. The Labute approximate surface area is 86.3 Å². The highest BCUT2D eigenvalue weighted by atomic mass is 19.1. The van der Waals surface area contributed by atoms with E-state index in [-0.39, 0.29) is 22.5 Å². The fraction of sp³-hybridized carbons (Fsp3) is 0.300. The zero-order valence-electron chi connectivity index (χ0n) is 8.59. The van der Waals surface area contributed by atoms with Crippen molar-refractivity contribution < 1.29 is 13.9 Å². The summed E-state index contributed by atoms with van der Waals surface area (Å²) in [4.78, 5) is 15.0. The first-order chi connectivity index (χ1) is 7.02. The number of carbonyl (C=O) groups is 1. The summed E-state index contributed by atoms with van der Waals surface area (Å²) in [7, 11) is 1.18. The molecule has 4 nitrogen and oxygen atoms in total. The molecule has 0 spiro atoms. The fourth-order valence-corrected chi connectivity index (χ4v) is 1.21. The van der Waals surface area contributed by atoms with E-state index in [0.717, 1.165) is 0 Å². The quantitative estimate of drug-likeness (QED) is 0.656. The molecule has 0 bridgehead atoms. The standard InChI is InChI=1S/C10H9FN2O2/c1-5-7(4-12)9(10(14)15-3)13-6(2)8(5)11/h1-3H3. The van der Waals surface area contributed by atoms with E-state index < -0.39 is 11.8 Å². The summed E-state index contributed by atoms with van der Waals surface area (Å²) < 4.78 is 17.8. The molecule has 1 aromatic rings. The second-order valence-electron chi connectivity index (χ2n) is 2.96. The van der Waals surface area contributed by atoms with E-state index in [1.54, 1.807) is 6.07 Å². The summed E-state index contributed by atoms with van der Waals surface area (Å²) in [5.41, 5.74) is -0.0290. The van der Waals surface area contributed by atoms with Gasteiger partial charge in [-0.3, -0.25) is 0 Å². The van der Waals surface area contributed by atoms with Gasteiger partial charge in [0.25, 0.3) is 0 Å². The van der Waals surface area contributed by atoms with Gasteiger partial charge in [0.15, 0.2) is 5.69 Å². The van der Waals surface area contributed by atoms with Crippen LogP contribution in [-0.2, 0) is 4.74 Å². The predicted octanol–water partition coefficient (Wildman–Crippen LogP) is 1.50. The molecular formula is C10H9FN2O2. The lowest BCUT2D eigenvalue weighted by Gasteiger charge is -2.07. The Morgan fingerprint density at radius 3 is 2.60 bits per heavy atom. The first-order valence-corrected chi connectivity index (χ1v) is 4.18. The first kappa shape index (κ1) is 11.1. The van der Waals surface area contributed by atoms with E-state index in [1.165, 1.54) is 21.0 Å².